The number of anilines is 2. The number of aromatic nitrogens is 2. The maximum atomic E-state index is 14.0. The zero-order chi connectivity index (χ0) is 43.4. The van der Waals surface area contributed by atoms with Gasteiger partial charge in [-0.25, -0.2) is 19.4 Å². The molecular weight excluding hydrogens is 785 g/mol. The number of aliphatic hydroxyl groups is 1. The van der Waals surface area contributed by atoms with E-state index in [0.717, 1.165) is 11.6 Å². The normalized spacial score (nSPS) is 20.5. The van der Waals surface area contributed by atoms with Gasteiger partial charge in [-0.1, -0.05) is 78.8 Å². The Kier molecular flexibility index (Phi) is 13.5. The number of amides is 2. The molecule has 320 valence electrons. The molecule has 5 rings (SSSR count). The molecule has 0 bridgehead atoms. The fraction of sp³-hybridized carbons (Fsp3) is 0.525. The lowest BCUT2D eigenvalue weighted by Gasteiger charge is -2.37. The maximum Gasteiger partial charge on any atom is 0.414 e. The van der Waals surface area contributed by atoms with Crippen molar-refractivity contribution in [3.63, 3.8) is 0 Å². The summed E-state index contributed by atoms with van der Waals surface area (Å²) < 4.78 is 36.1. The van der Waals surface area contributed by atoms with Crippen molar-refractivity contribution in [2.45, 2.75) is 110 Å². The molecule has 3 aromatic rings. The molecule has 1 aromatic carbocycles. The molecule has 1 fully saturated rings. The Bertz CT molecular complexity index is 2130. The quantitative estimate of drug-likeness (QED) is 0.0659. The minimum Gasteiger partial charge on any atom is -0.455 e. The number of hydrogen-bond acceptors (Lipinski definition) is 15. The highest BCUT2D eigenvalue weighted by Crippen LogP contribution is 2.47. The van der Waals surface area contributed by atoms with Gasteiger partial charge in [-0.15, -0.1) is 0 Å². The average Bonchev–Trinajstić information content (AvgIpc) is 3.60. The Hall–Kier alpha value is -5.37. The fourth-order valence-electron chi connectivity index (χ4n) is 6.13. The van der Waals surface area contributed by atoms with Crippen LogP contribution in [0.15, 0.2) is 52.4 Å². The standard InChI is InChI=1S/C40H54N6O12Si/c1-22(2)30(45-38(51)53-18-24-14-12-11-13-15-24)35(49)58-31-27(19-56-59(9,10)39(5,6)7)57-36(40(31,8)52)46-17-25-26(43-37(50)55-21-54-34(48)23(3)4)16-28(47)44-32-29(25)33(46)42-20-41-32/h11-17,20,22-23,27,30-31,36,52H,18-19,21H2,1-10H3,(H,43,50)(H,45,51)(H,41,42,44,47). The zero-order valence-corrected chi connectivity index (χ0v) is 36.0. The highest BCUT2D eigenvalue weighted by atomic mass is 28.4. The number of carbonyl (C=O) groups excluding carboxylic acids is 4. The lowest BCUT2D eigenvalue weighted by molar-refractivity contribution is -0.167. The summed E-state index contributed by atoms with van der Waals surface area (Å²) in [5.74, 6) is -2.02. The zero-order valence-electron chi connectivity index (χ0n) is 35.0. The second-order valence-electron chi connectivity index (χ2n) is 16.8. The van der Waals surface area contributed by atoms with Gasteiger partial charge in [0, 0.05) is 17.6 Å². The first-order valence-electron chi connectivity index (χ1n) is 19.3. The van der Waals surface area contributed by atoms with Gasteiger partial charge in [-0.3, -0.25) is 14.9 Å². The van der Waals surface area contributed by atoms with E-state index in [1.54, 1.807) is 39.8 Å². The number of esters is 2. The third-order valence-electron chi connectivity index (χ3n) is 10.5. The number of aliphatic imine (C=N–C) groups is 1. The predicted octanol–water partition coefficient (Wildman–Crippen LogP) is 5.72. The van der Waals surface area contributed by atoms with E-state index in [-0.39, 0.29) is 46.3 Å². The lowest BCUT2D eigenvalue weighted by atomic mass is 9.95. The molecule has 2 aromatic heterocycles. The molecule has 2 aliphatic heterocycles. The number of nitrogens with one attached hydrogen (secondary N) is 3. The Morgan fingerprint density at radius 1 is 1.03 bits per heavy atom. The Balaban J connectivity index is 1.48. The van der Waals surface area contributed by atoms with Crippen LogP contribution in [-0.4, -0.2) is 90.7 Å². The first-order valence-corrected chi connectivity index (χ1v) is 22.2. The van der Waals surface area contributed by atoms with Gasteiger partial charge in [-0.05, 0) is 36.5 Å². The van der Waals surface area contributed by atoms with Crippen LogP contribution in [-0.2, 0) is 44.3 Å². The van der Waals surface area contributed by atoms with E-state index in [2.05, 4.69) is 59.8 Å². The van der Waals surface area contributed by atoms with E-state index in [9.17, 15) is 29.1 Å². The fourth-order valence-corrected chi connectivity index (χ4v) is 7.15. The van der Waals surface area contributed by atoms with Crippen LogP contribution >= 0.6 is 0 Å². The van der Waals surface area contributed by atoms with Crippen LogP contribution in [0.4, 0.5) is 26.9 Å². The predicted molar refractivity (Wildman–Crippen MR) is 220 cm³/mol. The van der Waals surface area contributed by atoms with E-state index in [4.69, 9.17) is 28.1 Å². The maximum absolute atomic E-state index is 14.0. The van der Waals surface area contributed by atoms with Crippen molar-refractivity contribution in [2.24, 2.45) is 16.8 Å². The highest BCUT2D eigenvalue weighted by Gasteiger charge is 2.57. The summed E-state index contributed by atoms with van der Waals surface area (Å²) in [6, 6.07) is 8.98. The van der Waals surface area contributed by atoms with Crippen LogP contribution in [0.25, 0.3) is 10.8 Å². The number of nitrogens with zero attached hydrogens (tertiary/aromatic N) is 3. The second kappa shape index (κ2) is 17.9. The third kappa shape index (κ3) is 10.3. The number of ether oxygens (including phenoxy) is 5. The van der Waals surface area contributed by atoms with Crippen molar-refractivity contribution in [2.75, 3.05) is 24.0 Å². The van der Waals surface area contributed by atoms with E-state index in [1.807, 2.05) is 18.2 Å². The van der Waals surface area contributed by atoms with Crippen molar-refractivity contribution in [3.05, 3.63) is 58.5 Å². The molecule has 18 nitrogen and oxygen atoms in total. The average molecular weight is 839 g/mol. The van der Waals surface area contributed by atoms with E-state index >= 15 is 0 Å². The van der Waals surface area contributed by atoms with Crippen LogP contribution < -0.4 is 21.5 Å². The van der Waals surface area contributed by atoms with Crippen molar-refractivity contribution < 1.29 is 52.4 Å². The molecule has 4 heterocycles. The summed E-state index contributed by atoms with van der Waals surface area (Å²) in [7, 11) is -2.42. The molecule has 0 aliphatic carbocycles. The van der Waals surface area contributed by atoms with Crippen LogP contribution in [0, 0.1) is 11.8 Å². The Morgan fingerprint density at radius 2 is 1.73 bits per heavy atom. The summed E-state index contributed by atoms with van der Waals surface area (Å²) in [6.45, 7) is 17.7. The highest BCUT2D eigenvalue weighted by molar-refractivity contribution is 6.74. The molecule has 1 saturated heterocycles. The molecule has 0 saturated carbocycles. The van der Waals surface area contributed by atoms with E-state index in [1.165, 1.54) is 24.0 Å². The summed E-state index contributed by atoms with van der Waals surface area (Å²) >= 11 is 0. The largest absolute Gasteiger partial charge is 0.455 e. The second-order valence-corrected chi connectivity index (χ2v) is 21.6. The Morgan fingerprint density at radius 3 is 2.37 bits per heavy atom. The number of hydrogen-bond donors (Lipinski definition) is 4. The van der Waals surface area contributed by atoms with Crippen molar-refractivity contribution >= 4 is 66.9 Å². The first-order chi connectivity index (χ1) is 27.6. The minimum absolute atomic E-state index is 0.0185. The van der Waals surface area contributed by atoms with Crippen LogP contribution in [0.1, 0.15) is 67.2 Å². The van der Waals surface area contributed by atoms with Gasteiger partial charge in [0.05, 0.1) is 29.9 Å². The molecule has 2 aliphatic rings. The summed E-state index contributed by atoms with van der Waals surface area (Å²) in [5, 5.41) is 20.8. The van der Waals surface area contributed by atoms with Gasteiger partial charge in [0.1, 0.15) is 36.0 Å². The smallest absolute Gasteiger partial charge is 0.414 e. The van der Waals surface area contributed by atoms with Crippen molar-refractivity contribution in [1.82, 2.24) is 14.9 Å². The van der Waals surface area contributed by atoms with Crippen molar-refractivity contribution in [3.8, 4) is 0 Å². The van der Waals surface area contributed by atoms with Crippen LogP contribution in [0.5, 0.6) is 0 Å². The molecule has 59 heavy (non-hydrogen) atoms. The summed E-state index contributed by atoms with van der Waals surface area (Å²) in [5.41, 5.74) is -1.97. The lowest BCUT2D eigenvalue weighted by Crippen LogP contribution is -2.53. The third-order valence-corrected chi connectivity index (χ3v) is 15.0. The van der Waals surface area contributed by atoms with E-state index in [0.29, 0.717) is 0 Å². The van der Waals surface area contributed by atoms with Gasteiger partial charge >= 0.3 is 24.1 Å². The van der Waals surface area contributed by atoms with Gasteiger partial charge < -0.3 is 48.4 Å². The Labute approximate surface area is 343 Å². The summed E-state index contributed by atoms with van der Waals surface area (Å²) in [6.07, 6.45) is -2.73. The number of alkyl carbamates (subject to hydrolysis) is 1. The molecule has 0 spiro atoms. The van der Waals surface area contributed by atoms with Crippen LogP contribution in [0.3, 0.4) is 0 Å². The minimum atomic E-state index is -2.42. The van der Waals surface area contributed by atoms with Crippen molar-refractivity contribution in [1.29, 1.82) is 0 Å². The molecule has 2 amide bonds. The van der Waals surface area contributed by atoms with Crippen LogP contribution in [0.2, 0.25) is 18.1 Å². The monoisotopic (exact) mass is 838 g/mol. The molecule has 0 radical (unpaired) electrons. The summed E-state index contributed by atoms with van der Waals surface area (Å²) in [4.78, 5) is 73.1. The molecule has 5 unspecified atom stereocenters. The number of carbonyl (C=O) groups is 4. The molecule has 5 atom stereocenters. The topological polar surface area (TPSA) is 227 Å². The van der Waals surface area contributed by atoms with Gasteiger partial charge in [0.25, 0.3) is 5.56 Å². The van der Waals surface area contributed by atoms with Gasteiger partial charge in [0.15, 0.2) is 20.6 Å². The van der Waals surface area contributed by atoms with Gasteiger partial charge in [-0.2, -0.15) is 4.98 Å². The molecular formula is C40H54N6O12Si. The van der Waals surface area contributed by atoms with Gasteiger partial charge in [0.2, 0.25) is 6.79 Å². The number of rotatable bonds is 14. The first kappa shape index (κ1) is 44.7. The molecule has 4 N–H and O–H groups in total. The molecule has 19 heteroatoms. The SMILES string of the molecule is CC(C)C(=O)OCOC(=O)Nc1cc(=O)nc2c3c(n(C4OC(CO[Si](C)(C)C(C)(C)C)C(OC(=O)C(NC(=O)OCc5ccccc5)C(C)C)C4(C)O)cc13)N=CN2. The van der Waals surface area contributed by atoms with E-state index < -0.39 is 86.7 Å². The number of benzene rings is 1.